The molecule has 16 nitrogen and oxygen atoms in total. The summed E-state index contributed by atoms with van der Waals surface area (Å²) < 4.78 is 42.1. The quantitative estimate of drug-likeness (QED) is 0.0309. The maximum atomic E-state index is 14.3. The third-order valence-electron chi connectivity index (χ3n) is 15.1. The molecule has 3 amide bonds. The summed E-state index contributed by atoms with van der Waals surface area (Å²) in [6.45, 7) is 11.9. The Kier molecular flexibility index (Phi) is 21.4. The number of hydrogen-bond acceptors (Lipinski definition) is 15. The molecule has 5 aromatic carbocycles. The fourth-order valence-electron chi connectivity index (χ4n) is 11.0. The van der Waals surface area contributed by atoms with Crippen molar-refractivity contribution in [3.8, 4) is 23.0 Å². The minimum atomic E-state index is -0.237. The Morgan fingerprint density at radius 3 is 2.10 bits per heavy atom. The lowest BCUT2D eigenvalue weighted by Crippen LogP contribution is -2.39. The van der Waals surface area contributed by atoms with Gasteiger partial charge in [0, 0.05) is 92.0 Å². The first kappa shape index (κ1) is 60.2. The Morgan fingerprint density at radius 2 is 1.38 bits per heavy atom. The second-order valence-electron chi connectivity index (χ2n) is 21.7. The lowest BCUT2D eigenvalue weighted by molar-refractivity contribution is -0.121. The van der Waals surface area contributed by atoms with Crippen molar-refractivity contribution in [2.75, 3.05) is 106 Å². The van der Waals surface area contributed by atoms with Gasteiger partial charge in [-0.25, -0.2) is 0 Å². The third-order valence-corrected chi connectivity index (χ3v) is 18.4. The first-order valence-corrected chi connectivity index (χ1v) is 31.2. The third kappa shape index (κ3) is 15.2. The van der Waals surface area contributed by atoms with E-state index in [2.05, 4.69) is 66.6 Å². The average Bonchev–Trinajstić information content (AvgIpc) is 4.02. The minimum absolute atomic E-state index is 0.0230. The van der Waals surface area contributed by atoms with Gasteiger partial charge in [-0.1, -0.05) is 90.6 Å². The van der Waals surface area contributed by atoms with Crippen molar-refractivity contribution < 1.29 is 47.5 Å². The molecule has 0 aliphatic carbocycles. The lowest BCUT2D eigenvalue weighted by atomic mass is 10.1. The van der Waals surface area contributed by atoms with E-state index in [0.717, 1.165) is 77.3 Å². The minimum Gasteiger partial charge on any atom is -0.493 e. The number of ether oxygens (including phenoxy) is 7. The molecular formula is C64H80N6O10S2. The number of rotatable bonds is 32. The number of amides is 3. The summed E-state index contributed by atoms with van der Waals surface area (Å²) in [5.74, 6) is 2.55. The van der Waals surface area contributed by atoms with Gasteiger partial charge in [-0.15, -0.1) is 0 Å². The molecule has 9 rings (SSSR count). The zero-order chi connectivity index (χ0) is 57.4. The number of anilines is 4. The largest absolute Gasteiger partial charge is 0.493 e. The van der Waals surface area contributed by atoms with Crippen molar-refractivity contribution >= 4 is 74.0 Å². The van der Waals surface area contributed by atoms with Gasteiger partial charge in [0.1, 0.15) is 13.2 Å². The zero-order valence-electron chi connectivity index (χ0n) is 48.4. The van der Waals surface area contributed by atoms with E-state index in [1.165, 1.54) is 19.3 Å². The van der Waals surface area contributed by atoms with Gasteiger partial charge in [0.15, 0.2) is 23.0 Å². The summed E-state index contributed by atoms with van der Waals surface area (Å²) in [5.41, 5.74) is 8.93. The number of unbranched alkanes of at least 4 members (excludes halogenated alkanes) is 4. The molecule has 0 saturated heterocycles. The van der Waals surface area contributed by atoms with Gasteiger partial charge in [0.05, 0.1) is 81.8 Å². The van der Waals surface area contributed by atoms with E-state index in [-0.39, 0.29) is 47.8 Å². The number of para-hydroxylation sites is 2. The standard InChI is InChI=1S/C64H80N6O10S2/c1-7-8-9-10-15-22-65-61(71)21-16-29-81-82-64(2,3)43-68(23-24-77-27-28-78-26-25-74-4)48-31-44(41-79-59-37-53-51(35-57(59)75-5)62(72)69-49(39-66-53)33-46-17-11-13-19-55(46)69)30-45(32-48)42-80-60-38-54-52(36-58(60)76-6)63(73)70-50(40-67-54)34-47-18-12-14-20-56(47)70/h11-14,17-20,30-32,35-39,49-50,67H,7-10,15-16,21-29,33-34,40-43H2,1-6H3,(H,65,71)/t49-,50-/m0/s1. The monoisotopic (exact) mass is 1160 g/mol. The van der Waals surface area contributed by atoms with Crippen LogP contribution in [0.1, 0.15) is 109 Å². The highest BCUT2D eigenvalue weighted by Crippen LogP contribution is 2.44. The molecule has 4 aliphatic rings. The van der Waals surface area contributed by atoms with Gasteiger partial charge in [0.2, 0.25) is 5.91 Å². The van der Waals surface area contributed by atoms with E-state index in [1.807, 2.05) is 69.3 Å². The summed E-state index contributed by atoms with van der Waals surface area (Å²) in [6.07, 6.45) is 10.5. The van der Waals surface area contributed by atoms with Crippen LogP contribution in [0.25, 0.3) is 0 Å². The maximum Gasteiger partial charge on any atom is 0.261 e. The predicted molar refractivity (Wildman–Crippen MR) is 330 cm³/mol. The number of nitrogens with zero attached hydrogens (tertiary/aromatic N) is 4. The Bertz CT molecular complexity index is 3030. The van der Waals surface area contributed by atoms with E-state index >= 15 is 0 Å². The summed E-state index contributed by atoms with van der Waals surface area (Å²) in [6, 6.07) is 29.4. The van der Waals surface area contributed by atoms with E-state index < -0.39 is 0 Å². The van der Waals surface area contributed by atoms with Crippen LogP contribution in [-0.2, 0) is 45.1 Å². The van der Waals surface area contributed by atoms with Gasteiger partial charge >= 0.3 is 0 Å². The number of fused-ring (bicyclic) bond motifs is 8. The fourth-order valence-corrected chi connectivity index (χ4v) is 13.6. The van der Waals surface area contributed by atoms with Crippen LogP contribution in [0.3, 0.4) is 0 Å². The van der Waals surface area contributed by atoms with Gasteiger partial charge in [-0.05, 0) is 97.8 Å². The Morgan fingerprint density at radius 1 is 0.732 bits per heavy atom. The summed E-state index contributed by atoms with van der Waals surface area (Å²) >= 11 is 0. The SMILES string of the molecule is CCCCCCCNC(=O)CCCSSC(C)(C)CN(CCOCCOCCOC)c1cc(COc2cc3c(cc2OC)C(=O)N2c4ccccc4C[C@H]2C=N3)cc(COc2cc3c(cc2OC)C(=O)N2c4ccccc4C[C@H]2CN3)c1. The molecule has 4 heterocycles. The molecular weight excluding hydrogens is 1080 g/mol. The predicted octanol–water partition coefficient (Wildman–Crippen LogP) is 11.7. The molecule has 0 aromatic heterocycles. The van der Waals surface area contributed by atoms with Gasteiger partial charge in [0.25, 0.3) is 11.8 Å². The molecule has 0 bridgehead atoms. The second-order valence-corrected chi connectivity index (χ2v) is 24.8. The first-order valence-electron chi connectivity index (χ1n) is 28.9. The van der Waals surface area contributed by atoms with E-state index in [9.17, 15) is 14.4 Å². The number of aliphatic imine (C=N–C) groups is 1. The molecule has 0 unspecified atom stereocenters. The summed E-state index contributed by atoms with van der Waals surface area (Å²) in [5, 5.41) is 6.67. The number of carbonyl (C=O) groups excluding carboxylic acids is 3. The number of benzene rings is 5. The second kappa shape index (κ2) is 29.2. The molecule has 438 valence electrons. The fraction of sp³-hybridized carbons (Fsp3) is 0.469. The van der Waals surface area contributed by atoms with Crippen LogP contribution < -0.4 is 44.3 Å². The molecule has 2 N–H and O–H groups in total. The van der Waals surface area contributed by atoms with Gasteiger partial charge in [-0.2, -0.15) is 0 Å². The van der Waals surface area contributed by atoms with Gasteiger partial charge < -0.3 is 53.6 Å². The Hall–Kier alpha value is -6.44. The smallest absolute Gasteiger partial charge is 0.261 e. The molecule has 5 aromatic rings. The zero-order valence-corrected chi connectivity index (χ0v) is 50.1. The maximum absolute atomic E-state index is 14.3. The highest BCUT2D eigenvalue weighted by atomic mass is 33.1. The number of nitrogens with one attached hydrogen (secondary N) is 2. The molecule has 2 atom stereocenters. The van der Waals surface area contributed by atoms with Gasteiger partial charge in [-0.3, -0.25) is 24.3 Å². The van der Waals surface area contributed by atoms with Crippen LogP contribution in [-0.4, -0.2) is 127 Å². The highest BCUT2D eigenvalue weighted by molar-refractivity contribution is 8.77. The van der Waals surface area contributed by atoms with Crippen molar-refractivity contribution in [3.63, 3.8) is 0 Å². The molecule has 0 spiro atoms. The lowest BCUT2D eigenvalue weighted by Gasteiger charge is -2.34. The molecule has 0 saturated carbocycles. The first-order chi connectivity index (χ1) is 40.0. The normalized spacial score (nSPS) is 15.8. The van der Waals surface area contributed by atoms with Crippen molar-refractivity contribution in [1.82, 2.24) is 5.32 Å². The summed E-state index contributed by atoms with van der Waals surface area (Å²) in [7, 11) is 8.43. The Balaban J connectivity index is 0.962. The van der Waals surface area contributed by atoms with Crippen LogP contribution in [0, 0.1) is 0 Å². The number of methoxy groups -OCH3 is 3. The van der Waals surface area contributed by atoms with Crippen molar-refractivity contribution in [2.24, 2.45) is 4.99 Å². The number of carbonyl (C=O) groups is 3. The van der Waals surface area contributed by atoms with E-state index in [0.29, 0.717) is 111 Å². The van der Waals surface area contributed by atoms with Crippen LogP contribution >= 0.6 is 21.6 Å². The van der Waals surface area contributed by atoms with Crippen molar-refractivity contribution in [1.29, 1.82) is 0 Å². The van der Waals surface area contributed by atoms with Crippen LogP contribution in [0.2, 0.25) is 0 Å². The highest BCUT2D eigenvalue weighted by Gasteiger charge is 2.39. The Labute approximate surface area is 491 Å². The average molecular weight is 1160 g/mol. The topological polar surface area (TPSA) is 162 Å². The molecule has 0 fully saturated rings. The van der Waals surface area contributed by atoms with E-state index in [1.54, 1.807) is 50.3 Å². The van der Waals surface area contributed by atoms with Crippen LogP contribution in [0.15, 0.2) is 96.0 Å². The number of hydrogen-bond donors (Lipinski definition) is 2. The molecule has 0 radical (unpaired) electrons. The van der Waals surface area contributed by atoms with Crippen molar-refractivity contribution in [3.05, 3.63) is 124 Å². The summed E-state index contributed by atoms with van der Waals surface area (Å²) in [4.78, 5) is 52.2. The molecule has 4 aliphatic heterocycles. The van der Waals surface area contributed by atoms with E-state index in [4.69, 9.17) is 38.2 Å². The van der Waals surface area contributed by atoms with Crippen LogP contribution in [0.5, 0.6) is 23.0 Å². The molecule has 82 heavy (non-hydrogen) atoms. The van der Waals surface area contributed by atoms with Crippen molar-refractivity contribution in [2.45, 2.75) is 109 Å². The van der Waals surface area contributed by atoms with Crippen LogP contribution in [0.4, 0.5) is 28.4 Å². The molecule has 18 heteroatoms.